The van der Waals surface area contributed by atoms with Crippen molar-refractivity contribution >= 4 is 88.4 Å². The van der Waals surface area contributed by atoms with Crippen LogP contribution in [0.1, 0.15) is 119 Å². The molecule has 0 saturated carbocycles. The van der Waals surface area contributed by atoms with Crippen molar-refractivity contribution < 1.29 is 38.2 Å². The van der Waals surface area contributed by atoms with Crippen molar-refractivity contribution in [3.8, 4) is 11.5 Å². The third kappa shape index (κ3) is 30.4. The Balaban J connectivity index is 0.000000182. The molecular weight excluding hydrogens is 1610 g/mol. The number of amides is 6. The maximum absolute atomic E-state index is 14.0. The van der Waals surface area contributed by atoms with Gasteiger partial charge in [0.1, 0.15) is 6.61 Å². The van der Waals surface area contributed by atoms with E-state index in [0.717, 1.165) is 39.1 Å². The van der Waals surface area contributed by atoms with Gasteiger partial charge in [-0.05, 0) is 145 Å². The van der Waals surface area contributed by atoms with E-state index in [2.05, 4.69) is 120 Å². The minimum atomic E-state index is -0.744. The van der Waals surface area contributed by atoms with E-state index >= 15 is 0 Å². The highest BCUT2D eigenvalue weighted by Crippen LogP contribution is 2.34. The number of carbonyl (C=O) groups is 6. The summed E-state index contributed by atoms with van der Waals surface area (Å²) in [4.78, 5) is 99.0. The summed E-state index contributed by atoms with van der Waals surface area (Å²) in [6.45, 7) is 6.07. The van der Waals surface area contributed by atoms with E-state index in [1.165, 1.54) is 17.2 Å². The second-order valence-electron chi connectivity index (χ2n) is 31.3. The van der Waals surface area contributed by atoms with E-state index in [1.54, 1.807) is 41.7 Å². The summed E-state index contributed by atoms with van der Waals surface area (Å²) in [6.07, 6.45) is 11.7. The number of fused-ring (bicyclic) bond motifs is 1. The van der Waals surface area contributed by atoms with Gasteiger partial charge in [0.15, 0.2) is 29.4 Å². The van der Waals surface area contributed by atoms with Crippen LogP contribution in [0.2, 0.25) is 5.02 Å². The molecule has 0 bridgehead atoms. The summed E-state index contributed by atoms with van der Waals surface area (Å²) in [5.41, 5.74) is 40.8. The Bertz CT molecular complexity index is 4860. The molecule has 4 aliphatic heterocycles. The molecule has 18 N–H and O–H groups in total. The smallest absolute Gasteiger partial charge is 0.264 e. The topological polar surface area (TPSA) is 396 Å². The lowest BCUT2D eigenvalue weighted by molar-refractivity contribution is -0.133. The standard InChI is InChI=1S/C33H39ClN6O2.C33H40N6O4.C31H38N6O2S/c34-27-16-13-24(14-17-27)15-18-31(41)38-22-28-19-21-40(32(42)30(39-28)12-7-20-37-33(35)36)23-29(25-8-3-1-4-9-25)26-10-5-2-6-11-26;34-33(35)36-18-9-14-27-32(41)39(21-26(23-10-3-1-4-11-23)24-12-5-2-6-13-24)19-17-25(38-27)20-37-31(40)30-22-42-28-15-7-8-16-29(28)43-30;32-31(33)34-18-7-14-28-30(39)37(22-27(23-9-3-1-4-10-23)24-11-5-2-6-12-24)19-17-25(36-28)21-35-29(38)16-15-26-13-8-20-40-26/h1-6,8-11,13-18,28-30,39H,7,12,19-23H2,(H,38,41)(H4,35,36,37);1-8,10-13,15-16,25-27,30,38H,9,14,17-22H2,(H,37,40)(H4,34,35,36);1-6,8-13,15-16,20,25,27-28,36H,7,14,17-19,21-22H2,(H,35,38)(H4,32,33,34)/b18-15+;;16-15+/t28-,30-;25-,27-,30+;25-,28-/m000/s1. The van der Waals surface area contributed by atoms with Gasteiger partial charge in [-0.2, -0.15) is 0 Å². The molecule has 9 aromatic rings. The van der Waals surface area contributed by atoms with Crippen molar-refractivity contribution in [3.05, 3.63) is 309 Å². The first-order valence-electron chi connectivity index (χ1n) is 42.8. The van der Waals surface area contributed by atoms with Crippen LogP contribution < -0.4 is 75.8 Å². The molecule has 6 amide bonds. The van der Waals surface area contributed by atoms with Crippen molar-refractivity contribution in [3.63, 3.8) is 0 Å². The summed E-state index contributed by atoms with van der Waals surface area (Å²) in [6, 6.07) is 78.8. The number of aliphatic imine (C=N–C) groups is 3. The maximum atomic E-state index is 14.0. The SMILES string of the molecule is NC(N)=NCCC[C@@H]1N[C@H](CNC(=O)/C=C/c2ccc(Cl)cc2)CCN(CC(c2ccccc2)c2ccccc2)C1=O.NC(N)=NCCC[C@@H]1N[C@H](CNC(=O)/C=C/c2cccs2)CCN(CC(c2ccccc2)c2ccccc2)C1=O.NC(N)=NCCC[C@@H]1N[C@H](CNC(=O)[C@H]2COc3ccccc3O2)CCN(CC(c2ccccc2)c2ccccc2)C1=O. The molecule has 125 heavy (non-hydrogen) atoms. The summed E-state index contributed by atoms with van der Waals surface area (Å²) >= 11 is 7.52. The quantitative estimate of drug-likeness (QED) is 0.00760. The summed E-state index contributed by atoms with van der Waals surface area (Å²) in [5, 5.41) is 22.2. The Labute approximate surface area is 741 Å². The number of rotatable bonds is 35. The third-order valence-electron chi connectivity index (χ3n) is 22.2. The number of thiophene rings is 1. The molecule has 0 aliphatic carbocycles. The number of benzene rings is 8. The normalized spacial score (nSPS) is 18.3. The Morgan fingerprint density at radius 1 is 0.432 bits per heavy atom. The molecule has 0 radical (unpaired) electrons. The number of hydrogen-bond donors (Lipinski definition) is 12. The average molecular weight is 1730 g/mol. The van der Waals surface area contributed by atoms with Crippen molar-refractivity contribution in [2.24, 2.45) is 49.4 Å². The number of nitrogens with one attached hydrogen (secondary N) is 6. The fourth-order valence-corrected chi connectivity index (χ4v) is 16.5. The Morgan fingerprint density at radius 3 is 1.11 bits per heavy atom. The Kier molecular flexibility index (Phi) is 36.9. The maximum Gasteiger partial charge on any atom is 0.264 e. The number of ether oxygens (including phenoxy) is 2. The third-order valence-corrected chi connectivity index (χ3v) is 23.3. The monoisotopic (exact) mass is 1730 g/mol. The van der Waals surface area contributed by atoms with Crippen LogP contribution in [-0.2, 0) is 28.8 Å². The van der Waals surface area contributed by atoms with E-state index in [9.17, 15) is 28.8 Å². The van der Waals surface area contributed by atoms with Crippen molar-refractivity contribution in [2.45, 2.75) is 118 Å². The number of nitrogens with zero attached hydrogens (tertiary/aromatic N) is 6. The van der Waals surface area contributed by atoms with Crippen LogP contribution in [0, 0.1) is 0 Å². The number of halogens is 1. The van der Waals surface area contributed by atoms with Crippen LogP contribution in [0.4, 0.5) is 0 Å². The molecule has 5 heterocycles. The molecule has 26 nitrogen and oxygen atoms in total. The van der Waals surface area contributed by atoms with Crippen LogP contribution in [0.3, 0.4) is 0 Å². The van der Waals surface area contributed by atoms with Gasteiger partial charge < -0.3 is 90.5 Å². The molecule has 28 heteroatoms. The number of carbonyl (C=O) groups excluding carboxylic acids is 6. The highest BCUT2D eigenvalue weighted by molar-refractivity contribution is 7.10. The lowest BCUT2D eigenvalue weighted by atomic mass is 9.90. The molecule has 8 aromatic carbocycles. The zero-order valence-electron chi connectivity index (χ0n) is 70.5. The average Bonchev–Trinajstić information content (AvgIpc) is 1.82. The summed E-state index contributed by atoms with van der Waals surface area (Å²) in [5.74, 6) is 0.960. The highest BCUT2D eigenvalue weighted by Gasteiger charge is 2.37. The predicted octanol–water partition coefficient (Wildman–Crippen LogP) is 9.62. The van der Waals surface area contributed by atoms with Crippen molar-refractivity contribution in [1.29, 1.82) is 0 Å². The van der Waals surface area contributed by atoms with Crippen LogP contribution in [0.5, 0.6) is 11.5 Å². The van der Waals surface area contributed by atoms with Gasteiger partial charge in [0, 0.05) is 136 Å². The number of guanidine groups is 3. The predicted molar refractivity (Wildman–Crippen MR) is 499 cm³/mol. The zero-order valence-corrected chi connectivity index (χ0v) is 72.1. The fourth-order valence-electron chi connectivity index (χ4n) is 15.7. The van der Waals surface area contributed by atoms with Crippen LogP contribution >= 0.6 is 22.9 Å². The second kappa shape index (κ2) is 49.6. The number of hydrogen-bond acceptors (Lipinski definition) is 15. The second-order valence-corrected chi connectivity index (χ2v) is 32.7. The van der Waals surface area contributed by atoms with Gasteiger partial charge in [-0.3, -0.25) is 43.7 Å². The first kappa shape index (κ1) is 93.0. The lowest BCUT2D eigenvalue weighted by Gasteiger charge is -2.29. The number of nitrogens with two attached hydrogens (primary N) is 6. The molecule has 1 aromatic heterocycles. The van der Waals surface area contributed by atoms with Gasteiger partial charge in [0.05, 0.1) is 18.1 Å². The van der Waals surface area contributed by atoms with Crippen LogP contribution in [0.15, 0.2) is 275 Å². The highest BCUT2D eigenvalue weighted by atomic mass is 35.5. The molecule has 656 valence electrons. The summed E-state index contributed by atoms with van der Waals surface area (Å²) in [7, 11) is 0. The lowest BCUT2D eigenvalue weighted by Crippen LogP contribution is -2.51. The first-order chi connectivity index (χ1) is 60.9. The molecular formula is C97H117ClN18O8S. The van der Waals surface area contributed by atoms with Gasteiger partial charge >= 0.3 is 0 Å². The first-order valence-corrected chi connectivity index (χ1v) is 44.1. The van der Waals surface area contributed by atoms with Gasteiger partial charge in [-0.25, -0.2) is 0 Å². The molecule has 13 rings (SSSR count). The van der Waals surface area contributed by atoms with Crippen LogP contribution in [0.25, 0.3) is 12.2 Å². The Hall–Kier alpha value is -12.7. The van der Waals surface area contributed by atoms with Crippen LogP contribution in [-0.4, -0.2) is 196 Å². The molecule has 0 unspecified atom stereocenters. The number of para-hydroxylation sites is 2. The zero-order chi connectivity index (χ0) is 87.9. The molecule has 7 atom stereocenters. The van der Waals surface area contributed by atoms with Gasteiger partial charge in [0.2, 0.25) is 35.6 Å². The van der Waals surface area contributed by atoms with Gasteiger partial charge in [-0.15, -0.1) is 11.3 Å². The summed E-state index contributed by atoms with van der Waals surface area (Å²) < 4.78 is 11.6. The van der Waals surface area contributed by atoms with E-state index in [-0.39, 0.29) is 95.8 Å². The van der Waals surface area contributed by atoms with E-state index in [1.807, 2.05) is 178 Å². The fraction of sp³-hybridized carbons (Fsp3) is 0.330. The van der Waals surface area contributed by atoms with Gasteiger partial charge in [-0.1, -0.05) is 224 Å². The largest absolute Gasteiger partial charge is 0.485 e. The molecule has 0 spiro atoms. The van der Waals surface area contributed by atoms with E-state index < -0.39 is 24.2 Å². The van der Waals surface area contributed by atoms with Crippen molar-refractivity contribution in [2.75, 3.05) is 85.1 Å². The van der Waals surface area contributed by atoms with Gasteiger partial charge in [0.25, 0.3) is 5.91 Å². The Morgan fingerprint density at radius 2 is 0.768 bits per heavy atom. The minimum absolute atomic E-state index is 0.0243. The molecule has 3 fully saturated rings. The van der Waals surface area contributed by atoms with Crippen molar-refractivity contribution in [1.82, 2.24) is 46.6 Å². The minimum Gasteiger partial charge on any atom is -0.485 e. The van der Waals surface area contributed by atoms with E-state index in [0.29, 0.717) is 146 Å². The molecule has 3 saturated heterocycles. The van der Waals surface area contributed by atoms with E-state index in [4.69, 9.17) is 55.5 Å². The molecule has 4 aliphatic rings.